The lowest BCUT2D eigenvalue weighted by Gasteiger charge is -2.45. The molecule has 27 heavy (non-hydrogen) atoms. The normalized spacial score (nSPS) is 20.0. The van der Waals surface area contributed by atoms with Crippen LogP contribution in [-0.2, 0) is 6.54 Å². The molecular weight excluding hydrogens is 356 g/mol. The van der Waals surface area contributed by atoms with E-state index in [2.05, 4.69) is 61.3 Å². The van der Waals surface area contributed by atoms with E-state index in [1.165, 1.54) is 43.4 Å². The summed E-state index contributed by atoms with van der Waals surface area (Å²) in [5.74, 6) is 2.23. The van der Waals surface area contributed by atoms with Gasteiger partial charge < -0.3 is 10.2 Å². The molecule has 2 aliphatic rings. The van der Waals surface area contributed by atoms with Crippen LogP contribution in [-0.4, -0.2) is 56.3 Å². The van der Waals surface area contributed by atoms with Crippen molar-refractivity contribution in [3.8, 4) is 5.69 Å². The molecule has 144 valence electrons. The highest BCUT2D eigenvalue weighted by atomic mass is 32.2. The van der Waals surface area contributed by atoms with Crippen LogP contribution in [0.2, 0.25) is 0 Å². The summed E-state index contributed by atoms with van der Waals surface area (Å²) in [6, 6.07) is 8.41. The third-order valence-electron chi connectivity index (χ3n) is 5.59. The minimum atomic E-state index is 0.452. The fourth-order valence-corrected chi connectivity index (χ4v) is 5.71. The first kappa shape index (κ1) is 18.3. The summed E-state index contributed by atoms with van der Waals surface area (Å²) < 4.78 is 2.22. The van der Waals surface area contributed by atoms with Gasteiger partial charge in [0.15, 0.2) is 5.96 Å². The molecule has 7 heteroatoms. The molecule has 0 unspecified atom stereocenters. The number of guanidine groups is 1. The number of rotatable bonds is 3. The van der Waals surface area contributed by atoms with Gasteiger partial charge in [-0.15, -0.1) is 0 Å². The zero-order valence-corrected chi connectivity index (χ0v) is 16.8. The van der Waals surface area contributed by atoms with Gasteiger partial charge in [-0.05, 0) is 30.5 Å². The van der Waals surface area contributed by atoms with Gasteiger partial charge in [0.25, 0.3) is 0 Å². The Bertz CT molecular complexity index is 744. The summed E-state index contributed by atoms with van der Waals surface area (Å²) in [7, 11) is 1.89. The SMILES string of the molecule is CN=C(NCc1ccc(-n2cncn2)cc1)N1CCSC2(CCCCC2)C1. The average Bonchev–Trinajstić information content (AvgIpc) is 3.25. The monoisotopic (exact) mass is 384 g/mol. The van der Waals surface area contributed by atoms with E-state index < -0.39 is 0 Å². The van der Waals surface area contributed by atoms with Gasteiger partial charge in [0.05, 0.1) is 5.69 Å². The summed E-state index contributed by atoms with van der Waals surface area (Å²) in [4.78, 5) is 11.0. The smallest absolute Gasteiger partial charge is 0.193 e. The molecule has 6 nitrogen and oxygen atoms in total. The van der Waals surface area contributed by atoms with Gasteiger partial charge in [-0.2, -0.15) is 16.9 Å². The van der Waals surface area contributed by atoms with Crippen LogP contribution < -0.4 is 5.32 Å². The van der Waals surface area contributed by atoms with E-state index in [9.17, 15) is 0 Å². The first-order valence-corrected chi connectivity index (χ1v) is 10.8. The zero-order valence-electron chi connectivity index (χ0n) is 16.0. The molecule has 1 aliphatic carbocycles. The van der Waals surface area contributed by atoms with E-state index in [4.69, 9.17) is 0 Å². The molecule has 1 N–H and O–H groups in total. The van der Waals surface area contributed by atoms with E-state index in [-0.39, 0.29) is 0 Å². The number of hydrogen-bond donors (Lipinski definition) is 1. The van der Waals surface area contributed by atoms with Crippen molar-refractivity contribution in [3.05, 3.63) is 42.5 Å². The molecule has 2 heterocycles. The molecule has 1 aliphatic heterocycles. The minimum absolute atomic E-state index is 0.452. The fraction of sp³-hybridized carbons (Fsp3) is 0.550. The van der Waals surface area contributed by atoms with Crippen molar-refractivity contribution >= 4 is 17.7 Å². The van der Waals surface area contributed by atoms with Gasteiger partial charge in [-0.1, -0.05) is 31.4 Å². The Morgan fingerprint density at radius 3 is 2.74 bits per heavy atom. The number of benzene rings is 1. The number of aromatic nitrogens is 3. The maximum Gasteiger partial charge on any atom is 0.193 e. The molecule has 1 spiro atoms. The quantitative estimate of drug-likeness (QED) is 0.651. The molecule has 0 bridgehead atoms. The van der Waals surface area contributed by atoms with Gasteiger partial charge in [-0.3, -0.25) is 4.99 Å². The molecule has 1 aromatic carbocycles. The molecule has 0 amide bonds. The van der Waals surface area contributed by atoms with Gasteiger partial charge in [0.1, 0.15) is 12.7 Å². The lowest BCUT2D eigenvalue weighted by atomic mass is 9.87. The van der Waals surface area contributed by atoms with Crippen LogP contribution in [0.25, 0.3) is 5.69 Å². The first-order chi connectivity index (χ1) is 13.3. The van der Waals surface area contributed by atoms with Gasteiger partial charge in [0, 0.05) is 37.2 Å². The molecule has 1 saturated carbocycles. The number of nitrogens with zero attached hydrogens (tertiary/aromatic N) is 5. The molecule has 0 atom stereocenters. The zero-order chi connectivity index (χ0) is 18.5. The maximum atomic E-state index is 4.56. The topological polar surface area (TPSA) is 58.3 Å². The molecule has 1 saturated heterocycles. The second-order valence-corrected chi connectivity index (χ2v) is 8.98. The van der Waals surface area contributed by atoms with Crippen LogP contribution >= 0.6 is 11.8 Å². The highest BCUT2D eigenvalue weighted by Crippen LogP contribution is 2.42. The lowest BCUT2D eigenvalue weighted by molar-refractivity contribution is 0.293. The highest BCUT2D eigenvalue weighted by molar-refractivity contribution is 8.00. The van der Waals surface area contributed by atoms with Crippen molar-refractivity contribution in [1.82, 2.24) is 25.0 Å². The summed E-state index contributed by atoms with van der Waals surface area (Å²) in [6.07, 6.45) is 10.1. The van der Waals surface area contributed by atoms with Crippen molar-refractivity contribution in [1.29, 1.82) is 0 Å². The predicted molar refractivity (Wildman–Crippen MR) is 111 cm³/mol. The van der Waals surface area contributed by atoms with Crippen LogP contribution in [0.15, 0.2) is 41.9 Å². The van der Waals surface area contributed by atoms with Crippen LogP contribution in [0.3, 0.4) is 0 Å². The average molecular weight is 385 g/mol. The summed E-state index contributed by atoms with van der Waals surface area (Å²) in [5, 5.41) is 7.73. The van der Waals surface area contributed by atoms with E-state index in [1.807, 2.05) is 7.05 Å². The summed E-state index contributed by atoms with van der Waals surface area (Å²) in [5.41, 5.74) is 2.26. The van der Waals surface area contributed by atoms with E-state index in [0.717, 1.165) is 31.3 Å². The van der Waals surface area contributed by atoms with Crippen LogP contribution in [0.5, 0.6) is 0 Å². The van der Waals surface area contributed by atoms with E-state index >= 15 is 0 Å². The van der Waals surface area contributed by atoms with Crippen LogP contribution in [0.4, 0.5) is 0 Å². The lowest BCUT2D eigenvalue weighted by Crippen LogP contribution is -2.53. The van der Waals surface area contributed by atoms with Crippen molar-refractivity contribution < 1.29 is 0 Å². The van der Waals surface area contributed by atoms with Crippen molar-refractivity contribution in [3.63, 3.8) is 0 Å². The number of aliphatic imine (C=N–C) groups is 1. The third kappa shape index (κ3) is 4.29. The predicted octanol–water partition coefficient (Wildman–Crippen LogP) is 3.09. The fourth-order valence-electron chi connectivity index (χ4n) is 4.15. The van der Waals surface area contributed by atoms with Gasteiger partial charge in [0.2, 0.25) is 0 Å². The summed E-state index contributed by atoms with van der Waals surface area (Å²) in [6.45, 7) is 2.99. The van der Waals surface area contributed by atoms with Crippen LogP contribution in [0.1, 0.15) is 37.7 Å². The number of hydrogen-bond acceptors (Lipinski definition) is 4. The van der Waals surface area contributed by atoms with E-state index in [0.29, 0.717) is 4.75 Å². The minimum Gasteiger partial charge on any atom is -0.352 e. The molecule has 4 rings (SSSR count). The Hall–Kier alpha value is -2.02. The standard InChI is InChI=1S/C20H28N6S/c1-21-19(25-11-12-27-20(14-25)9-3-2-4-10-20)23-13-17-5-7-18(8-6-17)26-16-22-15-24-26/h5-8,15-16H,2-4,9-14H2,1H3,(H,21,23). The molecule has 0 radical (unpaired) electrons. The molecule has 2 fully saturated rings. The third-order valence-corrected chi connectivity index (χ3v) is 7.13. The van der Waals surface area contributed by atoms with Gasteiger partial charge in [-0.25, -0.2) is 9.67 Å². The van der Waals surface area contributed by atoms with Crippen molar-refractivity contribution in [2.24, 2.45) is 4.99 Å². The Balaban J connectivity index is 1.36. The van der Waals surface area contributed by atoms with Crippen molar-refractivity contribution in [2.75, 3.05) is 25.9 Å². The second kappa shape index (κ2) is 8.33. The molecule has 1 aromatic heterocycles. The van der Waals surface area contributed by atoms with Crippen molar-refractivity contribution in [2.45, 2.75) is 43.4 Å². The maximum absolute atomic E-state index is 4.56. The largest absolute Gasteiger partial charge is 0.352 e. The summed E-state index contributed by atoms with van der Waals surface area (Å²) >= 11 is 2.20. The van der Waals surface area contributed by atoms with Gasteiger partial charge >= 0.3 is 0 Å². The molecular formula is C20H28N6S. The number of thioether (sulfide) groups is 1. The van der Waals surface area contributed by atoms with Crippen LogP contribution in [0, 0.1) is 0 Å². The molecule has 2 aromatic rings. The Kier molecular flexibility index (Phi) is 5.66. The Labute approximate surface area is 165 Å². The Morgan fingerprint density at radius 2 is 2.04 bits per heavy atom. The number of nitrogens with one attached hydrogen (secondary N) is 1. The Morgan fingerprint density at radius 1 is 1.22 bits per heavy atom. The highest BCUT2D eigenvalue weighted by Gasteiger charge is 2.38. The second-order valence-electron chi connectivity index (χ2n) is 7.42. The first-order valence-electron chi connectivity index (χ1n) is 9.82. The van der Waals surface area contributed by atoms with E-state index in [1.54, 1.807) is 17.3 Å².